The lowest BCUT2D eigenvalue weighted by molar-refractivity contribution is 0.103. The molecule has 2 nitrogen and oxygen atoms in total. The lowest BCUT2D eigenvalue weighted by Gasteiger charge is -2.01. The molecule has 0 unspecified atom stereocenters. The molecular formula is C20H22O2. The number of carbonyl (C=O) groups is 1. The van der Waals surface area contributed by atoms with E-state index in [4.69, 9.17) is 4.42 Å². The van der Waals surface area contributed by atoms with Gasteiger partial charge in [0.15, 0.2) is 5.78 Å². The molecule has 2 aromatic carbocycles. The van der Waals surface area contributed by atoms with Gasteiger partial charge in [-0.15, -0.1) is 0 Å². The topological polar surface area (TPSA) is 30.2 Å². The van der Waals surface area contributed by atoms with Gasteiger partial charge >= 0.3 is 0 Å². The first-order valence-corrected chi connectivity index (χ1v) is 7.67. The van der Waals surface area contributed by atoms with E-state index in [2.05, 4.69) is 0 Å². The second-order valence-corrected chi connectivity index (χ2v) is 5.23. The molecule has 1 heterocycles. The fourth-order valence-electron chi connectivity index (χ4n) is 2.47. The van der Waals surface area contributed by atoms with Crippen LogP contribution in [-0.2, 0) is 0 Å². The molecule has 0 aliphatic heterocycles. The molecule has 0 radical (unpaired) electrons. The summed E-state index contributed by atoms with van der Waals surface area (Å²) in [5, 5.41) is 0.896. The Morgan fingerprint density at radius 2 is 1.45 bits per heavy atom. The van der Waals surface area contributed by atoms with Crippen molar-refractivity contribution in [3.8, 4) is 0 Å². The predicted octanol–water partition coefficient (Wildman–Crippen LogP) is 5.62. The summed E-state index contributed by atoms with van der Waals surface area (Å²) in [6, 6.07) is 13.6. The lowest BCUT2D eigenvalue weighted by atomic mass is 9.99. The Balaban J connectivity index is 0.000000847. The maximum absolute atomic E-state index is 12.7. The van der Waals surface area contributed by atoms with Crippen LogP contribution in [0.2, 0.25) is 0 Å². The SMILES string of the molecule is CC.Cc1ccc(C(=O)c2c(C)oc3ccc(C)cc23)cc1. The minimum Gasteiger partial charge on any atom is -0.461 e. The molecule has 0 N–H and O–H groups in total. The average molecular weight is 294 g/mol. The molecule has 3 rings (SSSR count). The molecular weight excluding hydrogens is 272 g/mol. The zero-order valence-corrected chi connectivity index (χ0v) is 13.9. The van der Waals surface area contributed by atoms with Gasteiger partial charge in [0.25, 0.3) is 0 Å². The molecule has 3 aromatic rings. The second kappa shape index (κ2) is 6.61. The van der Waals surface area contributed by atoms with Gasteiger partial charge in [-0.3, -0.25) is 4.79 Å². The molecule has 114 valence electrons. The van der Waals surface area contributed by atoms with Gasteiger partial charge in [-0.1, -0.05) is 55.3 Å². The minimum atomic E-state index is 0.0202. The van der Waals surface area contributed by atoms with E-state index in [1.807, 2.05) is 77.1 Å². The van der Waals surface area contributed by atoms with Gasteiger partial charge < -0.3 is 4.42 Å². The van der Waals surface area contributed by atoms with E-state index in [1.165, 1.54) is 0 Å². The molecule has 1 aromatic heterocycles. The van der Waals surface area contributed by atoms with Gasteiger partial charge in [0.2, 0.25) is 0 Å². The van der Waals surface area contributed by atoms with Gasteiger partial charge in [0, 0.05) is 10.9 Å². The van der Waals surface area contributed by atoms with Crippen LogP contribution in [-0.4, -0.2) is 5.78 Å². The number of aryl methyl sites for hydroxylation is 3. The van der Waals surface area contributed by atoms with Crippen molar-refractivity contribution in [2.24, 2.45) is 0 Å². The maximum atomic E-state index is 12.7. The van der Waals surface area contributed by atoms with E-state index in [-0.39, 0.29) is 5.78 Å². The van der Waals surface area contributed by atoms with Crippen molar-refractivity contribution < 1.29 is 9.21 Å². The van der Waals surface area contributed by atoms with E-state index < -0.39 is 0 Å². The number of carbonyl (C=O) groups excluding carboxylic acids is 1. The monoisotopic (exact) mass is 294 g/mol. The van der Waals surface area contributed by atoms with Crippen LogP contribution in [0.25, 0.3) is 11.0 Å². The molecule has 0 aliphatic carbocycles. The first-order chi connectivity index (χ1) is 10.6. The Kier molecular flexibility index (Phi) is 4.81. The molecule has 0 saturated heterocycles. The highest BCUT2D eigenvalue weighted by Gasteiger charge is 2.19. The van der Waals surface area contributed by atoms with Crippen molar-refractivity contribution in [1.29, 1.82) is 0 Å². The summed E-state index contributed by atoms with van der Waals surface area (Å²) >= 11 is 0. The molecule has 0 saturated carbocycles. The zero-order valence-electron chi connectivity index (χ0n) is 13.9. The molecule has 0 aliphatic rings. The summed E-state index contributed by atoms with van der Waals surface area (Å²) < 4.78 is 5.70. The molecule has 0 fully saturated rings. The molecule has 22 heavy (non-hydrogen) atoms. The molecule has 0 spiro atoms. The third-order valence-corrected chi connectivity index (χ3v) is 3.56. The highest BCUT2D eigenvalue weighted by atomic mass is 16.3. The van der Waals surface area contributed by atoms with E-state index in [9.17, 15) is 4.79 Å². The summed E-state index contributed by atoms with van der Waals surface area (Å²) in [5.41, 5.74) is 4.40. The van der Waals surface area contributed by atoms with Crippen molar-refractivity contribution in [2.45, 2.75) is 34.6 Å². The number of rotatable bonds is 2. The Bertz CT molecular complexity index is 792. The summed E-state index contributed by atoms with van der Waals surface area (Å²) in [6.07, 6.45) is 0. The van der Waals surface area contributed by atoms with Crippen LogP contribution >= 0.6 is 0 Å². The summed E-state index contributed by atoms with van der Waals surface area (Å²) in [7, 11) is 0. The quantitative estimate of drug-likeness (QED) is 0.574. The van der Waals surface area contributed by atoms with Gasteiger partial charge in [-0.25, -0.2) is 0 Å². The molecule has 0 bridgehead atoms. The number of ketones is 1. The molecule has 0 atom stereocenters. The van der Waals surface area contributed by atoms with Crippen molar-refractivity contribution >= 4 is 16.8 Å². The number of hydrogen-bond acceptors (Lipinski definition) is 2. The fraction of sp³-hybridized carbons (Fsp3) is 0.250. The van der Waals surface area contributed by atoms with Gasteiger partial charge in [-0.2, -0.15) is 0 Å². The van der Waals surface area contributed by atoms with Crippen LogP contribution in [0, 0.1) is 20.8 Å². The minimum absolute atomic E-state index is 0.0202. The van der Waals surface area contributed by atoms with Crippen LogP contribution in [0.5, 0.6) is 0 Å². The Morgan fingerprint density at radius 1 is 0.864 bits per heavy atom. The number of fused-ring (bicyclic) bond motifs is 1. The standard InChI is InChI=1S/C18H16O2.C2H6/c1-11-4-7-14(8-5-11)18(19)17-13(3)20-16-9-6-12(2)10-15(16)17;1-2/h4-10H,1-3H3;1-2H3. The Labute approximate surface area is 131 Å². The van der Waals surface area contributed by atoms with Crippen molar-refractivity contribution in [2.75, 3.05) is 0 Å². The van der Waals surface area contributed by atoms with Gasteiger partial charge in [-0.05, 0) is 32.9 Å². The van der Waals surface area contributed by atoms with Crippen molar-refractivity contribution in [3.63, 3.8) is 0 Å². The zero-order chi connectivity index (χ0) is 16.3. The molecule has 2 heteroatoms. The highest BCUT2D eigenvalue weighted by molar-refractivity contribution is 6.16. The fourth-order valence-corrected chi connectivity index (χ4v) is 2.47. The second-order valence-electron chi connectivity index (χ2n) is 5.23. The van der Waals surface area contributed by atoms with E-state index in [1.54, 1.807) is 0 Å². The van der Waals surface area contributed by atoms with E-state index in [0.29, 0.717) is 16.9 Å². The summed E-state index contributed by atoms with van der Waals surface area (Å²) in [5.74, 6) is 0.697. The average Bonchev–Trinajstić information content (AvgIpc) is 2.84. The van der Waals surface area contributed by atoms with Crippen LogP contribution in [0.15, 0.2) is 46.9 Å². The van der Waals surface area contributed by atoms with E-state index >= 15 is 0 Å². The smallest absolute Gasteiger partial charge is 0.197 e. The number of furan rings is 1. The van der Waals surface area contributed by atoms with Crippen LogP contribution < -0.4 is 0 Å². The third-order valence-electron chi connectivity index (χ3n) is 3.56. The maximum Gasteiger partial charge on any atom is 0.197 e. The summed E-state index contributed by atoms with van der Waals surface area (Å²) in [4.78, 5) is 12.7. The van der Waals surface area contributed by atoms with Crippen molar-refractivity contribution in [3.05, 3.63) is 70.5 Å². The predicted molar refractivity (Wildman–Crippen MR) is 91.6 cm³/mol. The van der Waals surface area contributed by atoms with Crippen LogP contribution in [0.3, 0.4) is 0 Å². The number of benzene rings is 2. The van der Waals surface area contributed by atoms with Crippen LogP contribution in [0.4, 0.5) is 0 Å². The number of hydrogen-bond donors (Lipinski definition) is 0. The largest absolute Gasteiger partial charge is 0.461 e. The first-order valence-electron chi connectivity index (χ1n) is 7.67. The highest BCUT2D eigenvalue weighted by Crippen LogP contribution is 2.28. The Hall–Kier alpha value is -2.35. The lowest BCUT2D eigenvalue weighted by Crippen LogP contribution is -2.02. The van der Waals surface area contributed by atoms with Crippen LogP contribution in [0.1, 0.15) is 46.7 Å². The Morgan fingerprint density at radius 3 is 2.09 bits per heavy atom. The van der Waals surface area contributed by atoms with E-state index in [0.717, 1.165) is 22.1 Å². The summed E-state index contributed by atoms with van der Waals surface area (Å²) in [6.45, 7) is 9.87. The third kappa shape index (κ3) is 2.96. The molecule has 0 amide bonds. The van der Waals surface area contributed by atoms with Gasteiger partial charge in [0.05, 0.1) is 5.56 Å². The van der Waals surface area contributed by atoms with Gasteiger partial charge in [0.1, 0.15) is 11.3 Å². The van der Waals surface area contributed by atoms with Crippen molar-refractivity contribution in [1.82, 2.24) is 0 Å². The first kappa shape index (κ1) is 16.0. The normalized spacial score (nSPS) is 10.2.